The molecule has 1 amide bonds. The zero-order valence-electron chi connectivity index (χ0n) is 17.8. The lowest BCUT2D eigenvalue weighted by atomic mass is 10.1. The number of nitrogens with one attached hydrogen (secondary N) is 1. The molecular weight excluding hydrogens is 405 g/mol. The van der Waals surface area contributed by atoms with Crippen molar-refractivity contribution in [2.45, 2.75) is 32.4 Å². The number of hydrogen-bond donors (Lipinski definition) is 1. The highest BCUT2D eigenvalue weighted by Gasteiger charge is 2.18. The lowest BCUT2D eigenvalue weighted by Crippen LogP contribution is -2.38. The quantitative estimate of drug-likeness (QED) is 0.476. The van der Waals surface area contributed by atoms with E-state index in [0.29, 0.717) is 16.6 Å². The Labute approximate surface area is 185 Å². The van der Waals surface area contributed by atoms with Crippen molar-refractivity contribution in [3.05, 3.63) is 112 Å². The van der Waals surface area contributed by atoms with Gasteiger partial charge in [-0.15, -0.1) is 0 Å². The first-order chi connectivity index (χ1) is 15.5. The van der Waals surface area contributed by atoms with Crippen LogP contribution in [0.2, 0.25) is 0 Å². The largest absolute Gasteiger partial charge is 0.349 e. The molecule has 162 valence electrons. The number of aromatic nitrogens is 2. The van der Waals surface area contributed by atoms with Crippen molar-refractivity contribution in [2.24, 2.45) is 0 Å². The van der Waals surface area contributed by atoms with Gasteiger partial charge in [-0.1, -0.05) is 48.5 Å². The van der Waals surface area contributed by atoms with E-state index in [0.717, 1.165) is 12.8 Å². The lowest BCUT2D eigenvalue weighted by Gasteiger charge is -2.16. The molecule has 0 fully saturated rings. The molecular formula is C26H24FN3O2. The second-order valence-electron chi connectivity index (χ2n) is 7.86. The van der Waals surface area contributed by atoms with Crippen LogP contribution >= 0.6 is 0 Å². The third-order valence-corrected chi connectivity index (χ3v) is 5.47. The number of amides is 1. The summed E-state index contributed by atoms with van der Waals surface area (Å²) in [6.45, 7) is 1.91. The second kappa shape index (κ2) is 9.56. The van der Waals surface area contributed by atoms with Gasteiger partial charge in [0.05, 0.1) is 6.54 Å². The van der Waals surface area contributed by atoms with Gasteiger partial charge >= 0.3 is 0 Å². The van der Waals surface area contributed by atoms with Crippen molar-refractivity contribution in [2.75, 3.05) is 0 Å². The molecule has 1 N–H and O–H groups in total. The molecule has 32 heavy (non-hydrogen) atoms. The molecule has 0 aliphatic heterocycles. The molecule has 2 aromatic heterocycles. The summed E-state index contributed by atoms with van der Waals surface area (Å²) in [5.74, 6) is -0.850. The topological polar surface area (TPSA) is 64.0 Å². The van der Waals surface area contributed by atoms with Crippen molar-refractivity contribution >= 4 is 16.9 Å². The number of rotatable bonds is 7. The molecule has 6 heteroatoms. The van der Waals surface area contributed by atoms with E-state index in [1.807, 2.05) is 37.3 Å². The smallest absolute Gasteiger partial charge is 0.265 e. The van der Waals surface area contributed by atoms with Gasteiger partial charge in [0.1, 0.15) is 17.0 Å². The van der Waals surface area contributed by atoms with Crippen LogP contribution in [0.3, 0.4) is 0 Å². The van der Waals surface area contributed by atoms with Crippen molar-refractivity contribution in [3.8, 4) is 0 Å². The molecule has 5 nitrogen and oxygen atoms in total. The van der Waals surface area contributed by atoms with Gasteiger partial charge in [-0.3, -0.25) is 14.2 Å². The molecule has 0 spiro atoms. The Morgan fingerprint density at radius 1 is 1.06 bits per heavy atom. The van der Waals surface area contributed by atoms with Crippen LogP contribution in [0.5, 0.6) is 0 Å². The number of pyridine rings is 2. The molecule has 4 aromatic rings. The monoisotopic (exact) mass is 429 g/mol. The van der Waals surface area contributed by atoms with Gasteiger partial charge in [-0.25, -0.2) is 9.37 Å². The fourth-order valence-electron chi connectivity index (χ4n) is 3.71. The SMILES string of the molecule is CC(CCc1ccccc1)NC(=O)c1cc2cccnc2n(Cc2ccccc2F)c1=O. The number of benzene rings is 2. The Hall–Kier alpha value is -3.80. The number of halogens is 1. The van der Waals surface area contributed by atoms with Crippen LogP contribution in [0.4, 0.5) is 4.39 Å². The average Bonchev–Trinajstić information content (AvgIpc) is 2.81. The zero-order valence-corrected chi connectivity index (χ0v) is 17.8. The molecule has 1 atom stereocenters. The van der Waals surface area contributed by atoms with E-state index in [4.69, 9.17) is 0 Å². The third kappa shape index (κ3) is 4.75. The summed E-state index contributed by atoms with van der Waals surface area (Å²) in [4.78, 5) is 30.5. The minimum atomic E-state index is -0.493. The number of carbonyl (C=O) groups is 1. The first-order valence-electron chi connectivity index (χ1n) is 10.6. The molecule has 0 bridgehead atoms. The lowest BCUT2D eigenvalue weighted by molar-refractivity contribution is 0.0936. The predicted octanol–water partition coefficient (Wildman–Crippen LogP) is 4.34. The number of fused-ring (bicyclic) bond motifs is 1. The molecule has 0 saturated carbocycles. The Kier molecular flexibility index (Phi) is 6.40. The van der Waals surface area contributed by atoms with Crippen LogP contribution < -0.4 is 10.9 Å². The average molecular weight is 429 g/mol. The third-order valence-electron chi connectivity index (χ3n) is 5.47. The van der Waals surface area contributed by atoms with Crippen LogP contribution in [-0.2, 0) is 13.0 Å². The molecule has 1 unspecified atom stereocenters. The van der Waals surface area contributed by atoms with Crippen LogP contribution in [0.15, 0.2) is 83.8 Å². The van der Waals surface area contributed by atoms with E-state index in [9.17, 15) is 14.0 Å². The van der Waals surface area contributed by atoms with Crippen molar-refractivity contribution in [1.82, 2.24) is 14.9 Å². The summed E-state index contributed by atoms with van der Waals surface area (Å²) in [6.07, 6.45) is 3.14. The van der Waals surface area contributed by atoms with Crippen molar-refractivity contribution < 1.29 is 9.18 Å². The zero-order chi connectivity index (χ0) is 22.5. The summed E-state index contributed by atoms with van der Waals surface area (Å²) >= 11 is 0. The summed E-state index contributed by atoms with van der Waals surface area (Å²) in [6, 6.07) is 21.3. The fraction of sp³-hybridized carbons (Fsp3) is 0.192. The Morgan fingerprint density at radius 2 is 1.81 bits per heavy atom. The molecule has 2 aromatic carbocycles. The molecule has 0 aliphatic rings. The highest BCUT2D eigenvalue weighted by atomic mass is 19.1. The number of nitrogens with zero attached hydrogens (tertiary/aromatic N) is 2. The van der Waals surface area contributed by atoms with Gasteiger partial charge in [-0.2, -0.15) is 0 Å². The van der Waals surface area contributed by atoms with E-state index in [-0.39, 0.29) is 18.2 Å². The van der Waals surface area contributed by atoms with E-state index >= 15 is 0 Å². The molecule has 0 saturated heterocycles. The number of aryl methyl sites for hydroxylation is 1. The number of carbonyl (C=O) groups excluding carboxylic acids is 1. The van der Waals surface area contributed by atoms with Crippen LogP contribution in [-0.4, -0.2) is 21.5 Å². The van der Waals surface area contributed by atoms with E-state index in [1.165, 1.54) is 16.2 Å². The van der Waals surface area contributed by atoms with Gasteiger partial charge in [0, 0.05) is 23.2 Å². The maximum Gasteiger partial charge on any atom is 0.265 e. The first-order valence-corrected chi connectivity index (χ1v) is 10.6. The van der Waals surface area contributed by atoms with Gasteiger partial charge in [0.15, 0.2) is 0 Å². The highest BCUT2D eigenvalue weighted by Crippen LogP contribution is 2.15. The summed E-state index contributed by atoms with van der Waals surface area (Å²) in [7, 11) is 0. The van der Waals surface area contributed by atoms with Gasteiger partial charge < -0.3 is 5.32 Å². The van der Waals surface area contributed by atoms with E-state index in [2.05, 4.69) is 10.3 Å². The van der Waals surface area contributed by atoms with Crippen molar-refractivity contribution in [3.63, 3.8) is 0 Å². The standard InChI is InChI=1S/C26H24FN3O2/c1-18(13-14-19-8-3-2-4-9-19)29-25(31)22-16-20-11-7-15-28-24(20)30(26(22)32)17-21-10-5-6-12-23(21)27/h2-12,15-16,18H,13-14,17H2,1H3,(H,29,31). The predicted molar refractivity (Wildman–Crippen MR) is 123 cm³/mol. The van der Waals surface area contributed by atoms with Crippen LogP contribution in [0.25, 0.3) is 11.0 Å². The van der Waals surface area contributed by atoms with E-state index in [1.54, 1.807) is 42.6 Å². The van der Waals surface area contributed by atoms with E-state index < -0.39 is 17.3 Å². The highest BCUT2D eigenvalue weighted by molar-refractivity contribution is 5.97. The Morgan fingerprint density at radius 3 is 2.59 bits per heavy atom. The normalized spacial score (nSPS) is 11.9. The molecule has 0 radical (unpaired) electrons. The molecule has 0 aliphatic carbocycles. The first kappa shape index (κ1) is 21.4. The summed E-state index contributed by atoms with van der Waals surface area (Å²) in [5, 5.41) is 3.57. The second-order valence-corrected chi connectivity index (χ2v) is 7.86. The Bertz CT molecular complexity index is 1300. The van der Waals surface area contributed by atoms with Gasteiger partial charge in [0.25, 0.3) is 11.5 Å². The summed E-state index contributed by atoms with van der Waals surface area (Å²) in [5.41, 5.74) is 1.49. The van der Waals surface area contributed by atoms with Gasteiger partial charge in [-0.05, 0) is 49.6 Å². The minimum Gasteiger partial charge on any atom is -0.349 e. The van der Waals surface area contributed by atoms with Crippen molar-refractivity contribution in [1.29, 1.82) is 0 Å². The van der Waals surface area contributed by atoms with Crippen LogP contribution in [0.1, 0.15) is 34.8 Å². The number of hydrogen-bond acceptors (Lipinski definition) is 3. The summed E-state index contributed by atoms with van der Waals surface area (Å²) < 4.78 is 15.6. The van der Waals surface area contributed by atoms with Crippen LogP contribution in [0, 0.1) is 5.82 Å². The molecule has 4 rings (SSSR count). The Balaban J connectivity index is 1.61. The maximum atomic E-state index is 14.2. The fourth-order valence-corrected chi connectivity index (χ4v) is 3.71. The molecule has 2 heterocycles. The minimum absolute atomic E-state index is 0.0102. The van der Waals surface area contributed by atoms with Gasteiger partial charge in [0.2, 0.25) is 0 Å². The maximum absolute atomic E-state index is 14.2.